The third-order valence-corrected chi connectivity index (χ3v) is 7.20. The molecule has 0 radical (unpaired) electrons. The predicted octanol–water partition coefficient (Wildman–Crippen LogP) is 3.77. The molecule has 1 spiro atoms. The molecule has 0 unspecified atom stereocenters. The molecular formula is C25H37N5O4S. The third-order valence-electron chi connectivity index (χ3n) is 6.15. The zero-order valence-electron chi connectivity index (χ0n) is 21.4. The van der Waals surface area contributed by atoms with Crippen LogP contribution in [0.2, 0.25) is 0 Å². The van der Waals surface area contributed by atoms with Gasteiger partial charge in [-0.25, -0.2) is 14.9 Å². The van der Waals surface area contributed by atoms with Gasteiger partial charge in [0.05, 0.1) is 17.2 Å². The number of amidine groups is 1. The standard InChI is InChI=1S/C25H37N5O4S/c1-6-8-30(33-7-2)22(31)17-9-20-19(27-21(26)10-17)11-18(35-20)12-28-13-25(14-28)15-29(16-25)23(32)34-24(3,4)5/h9,11H,6-8,10,12-16H2,1-5H3,(H2,26,27). The van der Waals surface area contributed by atoms with Crippen LogP contribution in [-0.4, -0.2) is 77.6 Å². The highest BCUT2D eigenvalue weighted by molar-refractivity contribution is 7.13. The highest BCUT2D eigenvalue weighted by Gasteiger charge is 2.53. The Kier molecular flexibility index (Phi) is 7.26. The minimum atomic E-state index is -0.467. The fraction of sp³-hybridized carbons (Fsp3) is 0.640. The number of carbonyl (C=O) groups excluding carboxylic acids is 2. The van der Waals surface area contributed by atoms with Crippen molar-refractivity contribution in [3.8, 4) is 0 Å². The summed E-state index contributed by atoms with van der Waals surface area (Å²) in [5.41, 5.74) is 7.30. The number of nitrogens with zero attached hydrogens (tertiary/aromatic N) is 4. The van der Waals surface area contributed by atoms with Crippen molar-refractivity contribution in [3.63, 3.8) is 0 Å². The lowest BCUT2D eigenvalue weighted by Crippen LogP contribution is -2.72. The van der Waals surface area contributed by atoms with Gasteiger partial charge in [0.25, 0.3) is 5.91 Å². The normalized spacial score (nSPS) is 19.2. The summed E-state index contributed by atoms with van der Waals surface area (Å²) in [5.74, 6) is 0.277. The molecule has 3 aliphatic rings. The van der Waals surface area contributed by atoms with Gasteiger partial charge in [0, 0.05) is 61.6 Å². The van der Waals surface area contributed by atoms with E-state index in [0.29, 0.717) is 31.0 Å². The molecule has 9 nitrogen and oxygen atoms in total. The number of hydroxylamine groups is 2. The van der Waals surface area contributed by atoms with Crippen LogP contribution in [-0.2, 0) is 20.9 Å². The number of carbonyl (C=O) groups is 2. The van der Waals surface area contributed by atoms with Gasteiger partial charge in [-0.15, -0.1) is 11.3 Å². The minimum Gasteiger partial charge on any atom is -0.444 e. The quantitative estimate of drug-likeness (QED) is 0.569. The lowest BCUT2D eigenvalue weighted by atomic mass is 9.73. The average Bonchev–Trinajstić information content (AvgIpc) is 2.99. The summed E-state index contributed by atoms with van der Waals surface area (Å²) in [6, 6.07) is 2.07. The number of ether oxygens (including phenoxy) is 1. The van der Waals surface area contributed by atoms with E-state index in [1.807, 2.05) is 40.7 Å². The van der Waals surface area contributed by atoms with Gasteiger partial charge in [0.1, 0.15) is 11.4 Å². The molecule has 2 saturated heterocycles. The Bertz CT molecular complexity index is 1020. The van der Waals surface area contributed by atoms with Crippen LogP contribution in [0, 0.1) is 5.41 Å². The molecule has 0 bridgehead atoms. The molecule has 1 aromatic rings. The molecule has 2 amide bonds. The van der Waals surface area contributed by atoms with Crippen molar-refractivity contribution in [2.45, 2.75) is 59.6 Å². The van der Waals surface area contributed by atoms with Gasteiger partial charge >= 0.3 is 6.09 Å². The molecule has 4 heterocycles. The summed E-state index contributed by atoms with van der Waals surface area (Å²) < 4.78 is 5.47. The number of hydrogen-bond acceptors (Lipinski definition) is 8. The first-order valence-corrected chi connectivity index (χ1v) is 13.1. The van der Waals surface area contributed by atoms with E-state index in [1.54, 1.807) is 16.2 Å². The van der Waals surface area contributed by atoms with Gasteiger partial charge in [0.2, 0.25) is 0 Å². The molecule has 35 heavy (non-hydrogen) atoms. The van der Waals surface area contributed by atoms with Crippen LogP contribution in [0.3, 0.4) is 0 Å². The summed E-state index contributed by atoms with van der Waals surface area (Å²) in [5, 5.41) is 1.43. The number of aliphatic imine (C=N–C) groups is 1. The van der Waals surface area contributed by atoms with Crippen molar-refractivity contribution in [2.24, 2.45) is 16.1 Å². The van der Waals surface area contributed by atoms with Crippen molar-refractivity contribution in [1.82, 2.24) is 14.9 Å². The van der Waals surface area contributed by atoms with Crippen LogP contribution < -0.4 is 5.73 Å². The Morgan fingerprint density at radius 1 is 1.23 bits per heavy atom. The average molecular weight is 504 g/mol. The topological polar surface area (TPSA) is 101 Å². The first-order valence-electron chi connectivity index (χ1n) is 12.3. The number of fused-ring (bicyclic) bond motifs is 1. The molecule has 4 rings (SSSR count). The van der Waals surface area contributed by atoms with Gasteiger partial charge < -0.3 is 15.4 Å². The molecule has 0 saturated carbocycles. The number of likely N-dealkylation sites (tertiary alicyclic amines) is 2. The Labute approximate surface area is 211 Å². The highest BCUT2D eigenvalue weighted by Crippen LogP contribution is 2.42. The lowest BCUT2D eigenvalue weighted by Gasteiger charge is -2.59. The van der Waals surface area contributed by atoms with Crippen LogP contribution >= 0.6 is 11.3 Å². The smallest absolute Gasteiger partial charge is 0.410 e. The van der Waals surface area contributed by atoms with E-state index in [4.69, 9.17) is 15.3 Å². The van der Waals surface area contributed by atoms with Crippen molar-refractivity contribution >= 4 is 40.9 Å². The van der Waals surface area contributed by atoms with Crippen LogP contribution in [0.4, 0.5) is 10.5 Å². The molecule has 0 atom stereocenters. The Morgan fingerprint density at radius 2 is 1.94 bits per heavy atom. The lowest BCUT2D eigenvalue weighted by molar-refractivity contribution is -0.180. The first kappa shape index (κ1) is 25.7. The highest BCUT2D eigenvalue weighted by atomic mass is 32.1. The summed E-state index contributed by atoms with van der Waals surface area (Å²) >= 11 is 1.65. The Hall–Kier alpha value is -2.43. The van der Waals surface area contributed by atoms with Crippen molar-refractivity contribution in [2.75, 3.05) is 39.3 Å². The second-order valence-corrected chi connectivity index (χ2v) is 11.9. The second kappa shape index (κ2) is 9.91. The maximum absolute atomic E-state index is 13.1. The van der Waals surface area contributed by atoms with E-state index < -0.39 is 5.60 Å². The molecule has 10 heteroatoms. The molecule has 0 aromatic carbocycles. The summed E-state index contributed by atoms with van der Waals surface area (Å²) in [6.07, 6.45) is 2.81. The molecule has 3 aliphatic heterocycles. The van der Waals surface area contributed by atoms with E-state index in [2.05, 4.69) is 16.0 Å². The molecule has 0 aliphatic carbocycles. The van der Waals surface area contributed by atoms with Gasteiger partial charge in [-0.2, -0.15) is 0 Å². The maximum atomic E-state index is 13.1. The van der Waals surface area contributed by atoms with Crippen molar-refractivity contribution in [3.05, 3.63) is 21.4 Å². The van der Waals surface area contributed by atoms with Crippen molar-refractivity contribution < 1.29 is 19.2 Å². The van der Waals surface area contributed by atoms with Crippen LogP contribution in [0.1, 0.15) is 57.2 Å². The zero-order valence-corrected chi connectivity index (χ0v) is 22.2. The van der Waals surface area contributed by atoms with Crippen LogP contribution in [0.25, 0.3) is 6.08 Å². The molecule has 2 N–H and O–H groups in total. The van der Waals surface area contributed by atoms with E-state index in [1.165, 1.54) is 9.94 Å². The fourth-order valence-electron chi connectivity index (χ4n) is 4.85. The zero-order chi connectivity index (χ0) is 25.4. The number of rotatable bonds is 7. The maximum Gasteiger partial charge on any atom is 0.410 e. The van der Waals surface area contributed by atoms with Gasteiger partial charge in [-0.3, -0.25) is 14.5 Å². The largest absolute Gasteiger partial charge is 0.444 e. The van der Waals surface area contributed by atoms with E-state index in [0.717, 1.165) is 49.7 Å². The molecule has 192 valence electrons. The van der Waals surface area contributed by atoms with Crippen molar-refractivity contribution in [1.29, 1.82) is 0 Å². The summed E-state index contributed by atoms with van der Waals surface area (Å²) in [6.45, 7) is 14.8. The number of nitrogens with two attached hydrogens (primary N) is 1. The predicted molar refractivity (Wildman–Crippen MR) is 137 cm³/mol. The van der Waals surface area contributed by atoms with Crippen LogP contribution in [0.15, 0.2) is 16.6 Å². The minimum absolute atomic E-state index is 0.154. The Balaban J connectivity index is 1.36. The second-order valence-electron chi connectivity index (χ2n) is 10.7. The van der Waals surface area contributed by atoms with Gasteiger partial charge in [-0.1, -0.05) is 6.92 Å². The molecule has 1 aromatic heterocycles. The van der Waals surface area contributed by atoms with E-state index in [-0.39, 0.29) is 17.4 Å². The molecular weight excluding hydrogens is 466 g/mol. The summed E-state index contributed by atoms with van der Waals surface area (Å²) in [7, 11) is 0. The third kappa shape index (κ3) is 5.87. The summed E-state index contributed by atoms with van der Waals surface area (Å²) in [4.78, 5) is 41.7. The van der Waals surface area contributed by atoms with Crippen LogP contribution in [0.5, 0.6) is 0 Å². The SMILES string of the molecule is CCCN(OCC)C(=O)C1=Cc2sc(CN3CC4(C3)CN(C(=O)OC(C)(C)C)C4)cc2N=C(N)C1. The van der Waals surface area contributed by atoms with Gasteiger partial charge in [-0.05, 0) is 46.3 Å². The number of amides is 2. The first-order chi connectivity index (χ1) is 16.5. The van der Waals surface area contributed by atoms with Gasteiger partial charge in [0.15, 0.2) is 0 Å². The van der Waals surface area contributed by atoms with E-state index in [9.17, 15) is 9.59 Å². The molecule has 2 fully saturated rings. The Morgan fingerprint density at radius 3 is 2.57 bits per heavy atom. The monoisotopic (exact) mass is 503 g/mol. The number of thiophene rings is 1. The van der Waals surface area contributed by atoms with E-state index >= 15 is 0 Å². The number of hydrogen-bond donors (Lipinski definition) is 1. The fourth-order valence-corrected chi connectivity index (χ4v) is 5.96.